The van der Waals surface area contributed by atoms with Gasteiger partial charge in [0.1, 0.15) is 0 Å². The SMILES string of the molecule is Cc1cccc(C2CC(NCC3CCN(C)C3)C2)c1. The first-order valence-corrected chi connectivity index (χ1v) is 7.69. The molecule has 1 saturated heterocycles. The number of hydrogen-bond donors (Lipinski definition) is 1. The van der Waals surface area contributed by atoms with Crippen molar-refractivity contribution in [3.8, 4) is 0 Å². The predicted octanol–water partition coefficient (Wildman–Crippen LogP) is 2.78. The van der Waals surface area contributed by atoms with Crippen molar-refractivity contribution in [2.75, 3.05) is 26.7 Å². The van der Waals surface area contributed by atoms with Crippen LogP contribution in [0.3, 0.4) is 0 Å². The van der Waals surface area contributed by atoms with Crippen molar-refractivity contribution >= 4 is 0 Å². The highest BCUT2D eigenvalue weighted by atomic mass is 15.1. The quantitative estimate of drug-likeness (QED) is 0.893. The molecule has 104 valence electrons. The number of benzene rings is 1. The minimum atomic E-state index is 0.761. The molecule has 1 aliphatic carbocycles. The van der Waals surface area contributed by atoms with Crippen LogP contribution in [0, 0.1) is 12.8 Å². The van der Waals surface area contributed by atoms with Gasteiger partial charge in [-0.05, 0) is 63.7 Å². The van der Waals surface area contributed by atoms with E-state index in [0.717, 1.165) is 17.9 Å². The average Bonchev–Trinajstić information content (AvgIpc) is 2.73. The van der Waals surface area contributed by atoms with E-state index in [1.807, 2.05) is 0 Å². The third kappa shape index (κ3) is 3.18. The van der Waals surface area contributed by atoms with Crippen LogP contribution in [-0.2, 0) is 0 Å². The van der Waals surface area contributed by atoms with Crippen LogP contribution in [-0.4, -0.2) is 37.6 Å². The molecule has 1 aromatic carbocycles. The molecule has 19 heavy (non-hydrogen) atoms. The van der Waals surface area contributed by atoms with E-state index in [2.05, 4.69) is 48.5 Å². The molecule has 2 heteroatoms. The number of likely N-dealkylation sites (tertiary alicyclic amines) is 1. The van der Waals surface area contributed by atoms with Crippen molar-refractivity contribution in [2.45, 2.75) is 38.1 Å². The van der Waals surface area contributed by atoms with Crippen LogP contribution in [0.4, 0.5) is 0 Å². The van der Waals surface area contributed by atoms with E-state index in [4.69, 9.17) is 0 Å². The summed E-state index contributed by atoms with van der Waals surface area (Å²) in [6.07, 6.45) is 4.02. The second-order valence-electron chi connectivity index (χ2n) is 6.60. The highest BCUT2D eigenvalue weighted by Gasteiger charge is 2.30. The topological polar surface area (TPSA) is 15.3 Å². The van der Waals surface area contributed by atoms with Gasteiger partial charge in [-0.15, -0.1) is 0 Å². The minimum Gasteiger partial charge on any atom is -0.314 e. The molecule has 1 heterocycles. The van der Waals surface area contributed by atoms with Crippen LogP contribution in [0.1, 0.15) is 36.3 Å². The fourth-order valence-corrected chi connectivity index (χ4v) is 3.51. The van der Waals surface area contributed by atoms with E-state index in [-0.39, 0.29) is 0 Å². The molecular weight excluding hydrogens is 232 g/mol. The molecule has 1 aromatic rings. The molecular formula is C17H26N2. The summed E-state index contributed by atoms with van der Waals surface area (Å²) < 4.78 is 0. The molecule has 3 rings (SSSR count). The molecule has 1 atom stereocenters. The minimum absolute atomic E-state index is 0.761. The van der Waals surface area contributed by atoms with E-state index in [1.165, 1.54) is 44.5 Å². The normalized spacial score (nSPS) is 31.4. The first kappa shape index (κ1) is 13.1. The lowest BCUT2D eigenvalue weighted by atomic mass is 9.75. The van der Waals surface area contributed by atoms with Gasteiger partial charge in [0.05, 0.1) is 0 Å². The van der Waals surface area contributed by atoms with Gasteiger partial charge in [0.15, 0.2) is 0 Å². The molecule has 0 bridgehead atoms. The van der Waals surface area contributed by atoms with Gasteiger partial charge in [-0.3, -0.25) is 0 Å². The van der Waals surface area contributed by atoms with Crippen LogP contribution in [0.5, 0.6) is 0 Å². The number of nitrogens with zero attached hydrogens (tertiary/aromatic N) is 1. The lowest BCUT2D eigenvalue weighted by Crippen LogP contribution is -2.42. The van der Waals surface area contributed by atoms with Crippen LogP contribution in [0.15, 0.2) is 24.3 Å². The maximum Gasteiger partial charge on any atom is 0.00788 e. The Morgan fingerprint density at radius 3 is 2.84 bits per heavy atom. The van der Waals surface area contributed by atoms with Gasteiger partial charge in [-0.1, -0.05) is 29.8 Å². The third-order valence-corrected chi connectivity index (χ3v) is 4.84. The smallest absolute Gasteiger partial charge is 0.00788 e. The monoisotopic (exact) mass is 258 g/mol. The molecule has 0 amide bonds. The van der Waals surface area contributed by atoms with E-state index in [1.54, 1.807) is 5.56 Å². The molecule has 0 radical (unpaired) electrons. The van der Waals surface area contributed by atoms with Crippen LogP contribution < -0.4 is 5.32 Å². The molecule has 1 unspecified atom stereocenters. The number of nitrogens with one attached hydrogen (secondary N) is 1. The van der Waals surface area contributed by atoms with Gasteiger partial charge >= 0.3 is 0 Å². The molecule has 1 saturated carbocycles. The number of hydrogen-bond acceptors (Lipinski definition) is 2. The van der Waals surface area contributed by atoms with Gasteiger partial charge in [-0.25, -0.2) is 0 Å². The Hall–Kier alpha value is -0.860. The van der Waals surface area contributed by atoms with E-state index in [9.17, 15) is 0 Å². The zero-order valence-electron chi connectivity index (χ0n) is 12.2. The number of aryl methyl sites for hydroxylation is 1. The lowest BCUT2D eigenvalue weighted by Gasteiger charge is -2.37. The summed E-state index contributed by atoms with van der Waals surface area (Å²) in [7, 11) is 2.23. The van der Waals surface area contributed by atoms with Gasteiger partial charge in [0.2, 0.25) is 0 Å². The lowest BCUT2D eigenvalue weighted by molar-refractivity contribution is 0.274. The molecule has 0 aromatic heterocycles. The fourth-order valence-electron chi connectivity index (χ4n) is 3.51. The summed E-state index contributed by atoms with van der Waals surface area (Å²) in [6.45, 7) is 5.97. The maximum atomic E-state index is 3.77. The first-order valence-electron chi connectivity index (χ1n) is 7.69. The van der Waals surface area contributed by atoms with E-state index >= 15 is 0 Å². The highest BCUT2D eigenvalue weighted by molar-refractivity contribution is 5.27. The predicted molar refractivity (Wildman–Crippen MR) is 80.5 cm³/mol. The summed E-state index contributed by atoms with van der Waals surface area (Å²) in [6, 6.07) is 9.79. The zero-order chi connectivity index (χ0) is 13.2. The van der Waals surface area contributed by atoms with Crippen LogP contribution in [0.2, 0.25) is 0 Å². The van der Waals surface area contributed by atoms with Gasteiger partial charge < -0.3 is 10.2 Å². The Morgan fingerprint density at radius 2 is 2.16 bits per heavy atom. The summed E-state index contributed by atoms with van der Waals surface area (Å²) in [4.78, 5) is 2.45. The van der Waals surface area contributed by atoms with Crippen molar-refractivity contribution in [2.24, 2.45) is 5.92 Å². The van der Waals surface area contributed by atoms with Gasteiger partial charge in [0.25, 0.3) is 0 Å². The van der Waals surface area contributed by atoms with Crippen molar-refractivity contribution in [1.82, 2.24) is 10.2 Å². The first-order chi connectivity index (χ1) is 9.20. The molecule has 2 fully saturated rings. The van der Waals surface area contributed by atoms with Crippen molar-refractivity contribution in [3.05, 3.63) is 35.4 Å². The van der Waals surface area contributed by atoms with Crippen LogP contribution in [0.25, 0.3) is 0 Å². The molecule has 2 aliphatic rings. The van der Waals surface area contributed by atoms with Crippen molar-refractivity contribution < 1.29 is 0 Å². The van der Waals surface area contributed by atoms with Crippen molar-refractivity contribution in [3.63, 3.8) is 0 Å². The van der Waals surface area contributed by atoms with Gasteiger partial charge in [0, 0.05) is 12.6 Å². The molecule has 1 N–H and O–H groups in total. The average molecular weight is 258 g/mol. The van der Waals surface area contributed by atoms with E-state index in [0.29, 0.717) is 0 Å². The largest absolute Gasteiger partial charge is 0.314 e. The molecule has 2 nitrogen and oxygen atoms in total. The molecule has 0 spiro atoms. The van der Waals surface area contributed by atoms with Crippen LogP contribution >= 0.6 is 0 Å². The Morgan fingerprint density at radius 1 is 1.32 bits per heavy atom. The maximum absolute atomic E-state index is 3.77. The third-order valence-electron chi connectivity index (χ3n) is 4.84. The fraction of sp³-hybridized carbons (Fsp3) is 0.647. The Kier molecular flexibility index (Phi) is 3.90. The Labute approximate surface area is 117 Å². The standard InChI is InChI=1S/C17H26N2/c1-13-4-3-5-15(8-13)16-9-17(10-16)18-11-14-6-7-19(2)12-14/h3-5,8,14,16-18H,6-7,9-12H2,1-2H3. The summed E-state index contributed by atoms with van der Waals surface area (Å²) in [5.74, 6) is 1.67. The van der Waals surface area contributed by atoms with E-state index < -0.39 is 0 Å². The molecule has 1 aliphatic heterocycles. The Balaban J connectivity index is 1.41. The zero-order valence-corrected chi connectivity index (χ0v) is 12.2. The van der Waals surface area contributed by atoms with Crippen molar-refractivity contribution in [1.29, 1.82) is 0 Å². The summed E-state index contributed by atoms with van der Waals surface area (Å²) in [5, 5.41) is 3.77. The highest BCUT2D eigenvalue weighted by Crippen LogP contribution is 2.37. The Bertz CT molecular complexity index is 423. The number of rotatable bonds is 4. The second kappa shape index (κ2) is 5.64. The van der Waals surface area contributed by atoms with Gasteiger partial charge in [-0.2, -0.15) is 0 Å². The second-order valence-corrected chi connectivity index (χ2v) is 6.60. The summed E-state index contributed by atoms with van der Waals surface area (Å²) in [5.41, 5.74) is 2.93. The summed E-state index contributed by atoms with van der Waals surface area (Å²) >= 11 is 0.